The molecular formula is C19H13BrFN3O5. The number of nitro groups is 1. The van der Waals surface area contributed by atoms with Crippen LogP contribution in [-0.2, 0) is 6.61 Å². The maximum atomic E-state index is 13.0. The highest BCUT2D eigenvalue weighted by molar-refractivity contribution is 9.10. The standard InChI is InChI=1S/C19H13BrFN3O5/c20-13-4-7-15(29-10-11-1-5-14(21)6-2-11)12(9-13)3-8-16-22-18(25)17(24(27)28)19(26)23-16/h1-9H,10H2,(H2,22,23,25,26). The van der Waals surface area contributed by atoms with Gasteiger partial charge in [0.05, 0.1) is 4.92 Å². The number of nitrogens with zero attached hydrogens (tertiary/aromatic N) is 2. The van der Waals surface area contributed by atoms with Crippen LogP contribution in [0, 0.1) is 15.9 Å². The molecule has 0 spiro atoms. The van der Waals surface area contributed by atoms with Crippen molar-refractivity contribution >= 4 is 33.8 Å². The highest BCUT2D eigenvalue weighted by Gasteiger charge is 2.21. The lowest BCUT2D eigenvalue weighted by Crippen LogP contribution is -2.14. The fourth-order valence-corrected chi connectivity index (χ4v) is 2.79. The van der Waals surface area contributed by atoms with E-state index in [0.717, 1.165) is 10.0 Å². The van der Waals surface area contributed by atoms with Crippen molar-refractivity contribution < 1.29 is 19.2 Å². The fraction of sp³-hybridized carbons (Fsp3) is 0.0526. The highest BCUT2D eigenvalue weighted by atomic mass is 79.9. The molecule has 0 amide bonds. The fourth-order valence-electron chi connectivity index (χ4n) is 2.41. The van der Waals surface area contributed by atoms with Crippen LogP contribution < -0.4 is 10.3 Å². The van der Waals surface area contributed by atoms with Gasteiger partial charge >= 0.3 is 11.2 Å². The van der Waals surface area contributed by atoms with Crippen LogP contribution in [0.2, 0.25) is 0 Å². The van der Waals surface area contributed by atoms with Crippen LogP contribution in [0.4, 0.5) is 10.1 Å². The zero-order chi connectivity index (χ0) is 21.0. The Bertz CT molecular complexity index is 1150. The second kappa shape index (κ2) is 8.65. The van der Waals surface area contributed by atoms with Crippen molar-refractivity contribution in [3.05, 3.63) is 90.2 Å². The van der Waals surface area contributed by atoms with Crippen molar-refractivity contribution in [2.24, 2.45) is 0 Å². The molecule has 2 N–H and O–H groups in total. The molecule has 10 heteroatoms. The van der Waals surface area contributed by atoms with Crippen LogP contribution in [0.5, 0.6) is 11.6 Å². The van der Waals surface area contributed by atoms with Crippen molar-refractivity contribution in [1.29, 1.82) is 0 Å². The van der Waals surface area contributed by atoms with Crippen molar-refractivity contribution in [2.75, 3.05) is 0 Å². The monoisotopic (exact) mass is 461 g/mol. The van der Waals surface area contributed by atoms with Gasteiger partial charge < -0.3 is 14.8 Å². The second-order valence-corrected chi connectivity index (χ2v) is 6.73. The van der Waals surface area contributed by atoms with E-state index in [2.05, 4.69) is 25.9 Å². The Balaban J connectivity index is 1.85. The number of rotatable bonds is 6. The van der Waals surface area contributed by atoms with E-state index in [4.69, 9.17) is 4.74 Å². The number of aromatic hydroxyl groups is 1. The number of benzene rings is 2. The largest absolute Gasteiger partial charge is 0.488 e. The molecule has 1 heterocycles. The summed E-state index contributed by atoms with van der Waals surface area (Å²) in [5.74, 6) is -0.876. The van der Waals surface area contributed by atoms with E-state index in [9.17, 15) is 24.4 Å². The summed E-state index contributed by atoms with van der Waals surface area (Å²) in [4.78, 5) is 27.3. The number of hydrogen-bond acceptors (Lipinski definition) is 6. The van der Waals surface area contributed by atoms with E-state index < -0.39 is 22.0 Å². The van der Waals surface area contributed by atoms with Gasteiger partial charge in [0.15, 0.2) is 0 Å². The smallest absolute Gasteiger partial charge is 0.395 e. The van der Waals surface area contributed by atoms with Crippen LogP contribution in [0.3, 0.4) is 0 Å². The molecule has 0 fully saturated rings. The number of ether oxygens (including phenoxy) is 1. The Labute approximate surface area is 171 Å². The number of aromatic nitrogens is 2. The first-order valence-corrected chi connectivity index (χ1v) is 8.95. The van der Waals surface area contributed by atoms with Crippen LogP contribution in [0.1, 0.15) is 17.0 Å². The van der Waals surface area contributed by atoms with Gasteiger partial charge in [-0.15, -0.1) is 0 Å². The van der Waals surface area contributed by atoms with Crippen molar-refractivity contribution in [3.8, 4) is 11.6 Å². The highest BCUT2D eigenvalue weighted by Crippen LogP contribution is 2.26. The minimum absolute atomic E-state index is 0.0671. The van der Waals surface area contributed by atoms with Gasteiger partial charge in [-0.3, -0.25) is 14.9 Å². The third-order valence-corrected chi connectivity index (χ3v) is 4.27. The number of H-pyrrole nitrogens is 1. The molecule has 2 aromatic carbocycles. The average Bonchev–Trinajstić information content (AvgIpc) is 2.66. The first-order valence-electron chi connectivity index (χ1n) is 8.16. The molecule has 148 valence electrons. The van der Waals surface area contributed by atoms with Crippen LogP contribution in [0.15, 0.2) is 51.7 Å². The Morgan fingerprint density at radius 3 is 2.62 bits per heavy atom. The number of nitrogens with one attached hydrogen (secondary N) is 1. The zero-order valence-corrected chi connectivity index (χ0v) is 16.2. The summed E-state index contributed by atoms with van der Waals surface area (Å²) in [5.41, 5.74) is -0.699. The van der Waals surface area contributed by atoms with Crippen molar-refractivity contribution in [1.82, 2.24) is 9.97 Å². The van der Waals surface area contributed by atoms with Gasteiger partial charge in [-0.1, -0.05) is 28.1 Å². The molecule has 0 aliphatic heterocycles. The molecule has 0 radical (unpaired) electrons. The summed E-state index contributed by atoms with van der Waals surface area (Å²) in [6.07, 6.45) is 2.94. The zero-order valence-electron chi connectivity index (χ0n) is 14.6. The molecular weight excluding hydrogens is 449 g/mol. The van der Waals surface area contributed by atoms with Crippen LogP contribution in [0.25, 0.3) is 12.2 Å². The normalized spacial score (nSPS) is 11.0. The quantitative estimate of drug-likeness (QED) is 0.422. The van der Waals surface area contributed by atoms with Gasteiger partial charge in [-0.2, -0.15) is 4.98 Å². The third kappa shape index (κ3) is 5.05. The Morgan fingerprint density at radius 2 is 1.97 bits per heavy atom. The van der Waals surface area contributed by atoms with E-state index in [1.807, 2.05) is 0 Å². The lowest BCUT2D eigenvalue weighted by Gasteiger charge is -2.10. The molecule has 3 rings (SSSR count). The molecule has 0 aliphatic carbocycles. The third-order valence-electron chi connectivity index (χ3n) is 3.78. The van der Waals surface area contributed by atoms with Crippen LogP contribution in [-0.4, -0.2) is 20.0 Å². The minimum atomic E-state index is -1.07. The van der Waals surface area contributed by atoms with Gasteiger partial charge in [-0.05, 0) is 48.0 Å². The van der Waals surface area contributed by atoms with E-state index in [1.165, 1.54) is 18.2 Å². The molecule has 29 heavy (non-hydrogen) atoms. The first kappa shape index (κ1) is 20.2. The Hall–Kier alpha value is -3.53. The maximum absolute atomic E-state index is 13.0. The molecule has 0 atom stereocenters. The molecule has 0 aliphatic rings. The predicted molar refractivity (Wildman–Crippen MR) is 107 cm³/mol. The lowest BCUT2D eigenvalue weighted by atomic mass is 10.2. The van der Waals surface area contributed by atoms with E-state index >= 15 is 0 Å². The van der Waals surface area contributed by atoms with Gasteiger partial charge in [0.2, 0.25) is 0 Å². The summed E-state index contributed by atoms with van der Waals surface area (Å²) in [7, 11) is 0. The Morgan fingerprint density at radius 1 is 1.24 bits per heavy atom. The minimum Gasteiger partial charge on any atom is -0.488 e. The van der Waals surface area contributed by atoms with Gasteiger partial charge in [0, 0.05) is 10.0 Å². The maximum Gasteiger partial charge on any atom is 0.395 e. The summed E-state index contributed by atoms with van der Waals surface area (Å²) in [5, 5.41) is 20.4. The molecule has 3 aromatic rings. The summed E-state index contributed by atoms with van der Waals surface area (Å²) >= 11 is 3.36. The molecule has 1 aromatic heterocycles. The Kier molecular flexibility index (Phi) is 6.03. The summed E-state index contributed by atoms with van der Waals surface area (Å²) < 4.78 is 19.5. The first-order chi connectivity index (χ1) is 13.8. The number of halogens is 2. The van der Waals surface area contributed by atoms with Crippen LogP contribution >= 0.6 is 15.9 Å². The molecule has 0 saturated carbocycles. The number of aromatic amines is 1. The summed E-state index contributed by atoms with van der Waals surface area (Å²) in [6.45, 7) is 0.205. The SMILES string of the molecule is O=c1[nH]c(C=Cc2cc(Br)ccc2OCc2ccc(F)cc2)nc(O)c1[N+](=O)[O-]. The van der Waals surface area contributed by atoms with Gasteiger partial charge in [-0.25, -0.2) is 4.39 Å². The molecule has 0 saturated heterocycles. The topological polar surface area (TPSA) is 118 Å². The van der Waals surface area contributed by atoms with E-state index in [-0.39, 0.29) is 18.2 Å². The average molecular weight is 462 g/mol. The number of hydrogen-bond donors (Lipinski definition) is 2. The molecule has 8 nitrogen and oxygen atoms in total. The second-order valence-electron chi connectivity index (χ2n) is 5.81. The predicted octanol–water partition coefficient (Wildman–Crippen LogP) is 4.03. The van der Waals surface area contributed by atoms with E-state index in [1.54, 1.807) is 36.4 Å². The van der Waals surface area contributed by atoms with Crippen molar-refractivity contribution in [3.63, 3.8) is 0 Å². The summed E-state index contributed by atoms with van der Waals surface area (Å²) in [6, 6.07) is 11.1. The van der Waals surface area contributed by atoms with Gasteiger partial charge in [0.1, 0.15) is 24.0 Å². The van der Waals surface area contributed by atoms with E-state index in [0.29, 0.717) is 11.3 Å². The van der Waals surface area contributed by atoms with Gasteiger partial charge in [0.25, 0.3) is 5.88 Å². The van der Waals surface area contributed by atoms with Crippen molar-refractivity contribution in [2.45, 2.75) is 6.61 Å². The lowest BCUT2D eigenvalue weighted by molar-refractivity contribution is -0.387. The molecule has 0 bridgehead atoms. The molecule has 0 unspecified atom stereocenters.